The second kappa shape index (κ2) is 8.82. The predicted octanol–water partition coefficient (Wildman–Crippen LogP) is 3.60. The Morgan fingerprint density at radius 1 is 0.967 bits per heavy atom. The Morgan fingerprint density at radius 3 is 2.27 bits per heavy atom. The maximum atomic E-state index is 10.2. The number of benzene rings is 2. The molecule has 3 aromatic rings. The molecule has 3 rings (SSSR count). The summed E-state index contributed by atoms with van der Waals surface area (Å²) < 4.78 is 5.79. The van der Waals surface area contributed by atoms with Crippen LogP contribution in [0.25, 0.3) is 11.1 Å². The van der Waals surface area contributed by atoms with E-state index in [4.69, 9.17) is 10.4 Å². The van der Waals surface area contributed by atoms with Gasteiger partial charge in [-0.05, 0) is 45.4 Å². The van der Waals surface area contributed by atoms with Crippen LogP contribution in [-0.2, 0) is 4.65 Å². The minimum absolute atomic E-state index is 0.384. The maximum Gasteiger partial charge on any atom is 0.330 e. The van der Waals surface area contributed by atoms with E-state index in [0.717, 1.165) is 22.2 Å². The minimum Gasteiger partial charge on any atom is -0.427 e. The SMILES string of the molecule is CC(C)(O)C(C)(C)O[B]c1ccc(C(N)=Nc2ncccc2-c2ccccc2)cc1. The lowest BCUT2D eigenvalue weighted by Gasteiger charge is -2.37. The van der Waals surface area contributed by atoms with Crippen molar-refractivity contribution in [3.05, 3.63) is 78.5 Å². The smallest absolute Gasteiger partial charge is 0.330 e. The number of nitrogens with zero attached hydrogens (tertiary/aromatic N) is 2. The van der Waals surface area contributed by atoms with Crippen LogP contribution in [0.1, 0.15) is 33.3 Å². The number of pyridine rings is 1. The zero-order valence-corrected chi connectivity index (χ0v) is 17.8. The molecule has 153 valence electrons. The molecule has 0 unspecified atom stereocenters. The van der Waals surface area contributed by atoms with Gasteiger partial charge in [0.25, 0.3) is 0 Å². The van der Waals surface area contributed by atoms with E-state index in [-0.39, 0.29) is 0 Å². The van der Waals surface area contributed by atoms with Gasteiger partial charge < -0.3 is 15.5 Å². The Balaban J connectivity index is 1.77. The molecule has 2 aromatic carbocycles. The molecule has 0 spiro atoms. The van der Waals surface area contributed by atoms with Gasteiger partial charge >= 0.3 is 7.48 Å². The molecule has 1 heterocycles. The predicted molar refractivity (Wildman–Crippen MR) is 123 cm³/mol. The van der Waals surface area contributed by atoms with Gasteiger partial charge in [0.15, 0.2) is 5.82 Å². The molecular formula is C24H27BN3O2. The van der Waals surface area contributed by atoms with Crippen molar-refractivity contribution in [2.45, 2.75) is 38.9 Å². The number of aliphatic hydroxyl groups is 1. The first-order valence-electron chi connectivity index (χ1n) is 9.86. The number of aromatic nitrogens is 1. The van der Waals surface area contributed by atoms with E-state index in [9.17, 15) is 5.11 Å². The first-order valence-corrected chi connectivity index (χ1v) is 9.86. The molecule has 0 fully saturated rings. The summed E-state index contributed by atoms with van der Waals surface area (Å²) in [6.45, 7) is 7.14. The average Bonchev–Trinajstić information content (AvgIpc) is 2.73. The van der Waals surface area contributed by atoms with Crippen molar-refractivity contribution in [2.75, 3.05) is 0 Å². The summed E-state index contributed by atoms with van der Waals surface area (Å²) in [6.07, 6.45) is 1.71. The molecule has 0 saturated heterocycles. The minimum atomic E-state index is -0.973. The number of nitrogens with two attached hydrogens (primary N) is 1. The first-order chi connectivity index (χ1) is 14.2. The highest BCUT2D eigenvalue weighted by Crippen LogP contribution is 2.28. The zero-order valence-electron chi connectivity index (χ0n) is 17.8. The van der Waals surface area contributed by atoms with Crippen molar-refractivity contribution in [2.24, 2.45) is 10.7 Å². The van der Waals surface area contributed by atoms with Crippen molar-refractivity contribution < 1.29 is 9.76 Å². The summed E-state index contributed by atoms with van der Waals surface area (Å²) in [6, 6.07) is 21.4. The van der Waals surface area contributed by atoms with Gasteiger partial charge in [0.2, 0.25) is 0 Å². The summed E-state index contributed by atoms with van der Waals surface area (Å²) in [4.78, 5) is 8.96. The normalized spacial score (nSPS) is 12.6. The van der Waals surface area contributed by atoms with Crippen molar-refractivity contribution in [1.29, 1.82) is 0 Å². The second-order valence-corrected chi connectivity index (χ2v) is 8.16. The van der Waals surface area contributed by atoms with Gasteiger partial charge in [-0.3, -0.25) is 0 Å². The van der Waals surface area contributed by atoms with Gasteiger partial charge in [0, 0.05) is 17.3 Å². The molecule has 0 amide bonds. The summed E-state index contributed by atoms with van der Waals surface area (Å²) in [5.41, 5.74) is 8.18. The van der Waals surface area contributed by atoms with Crippen LogP contribution >= 0.6 is 0 Å². The van der Waals surface area contributed by atoms with E-state index in [1.807, 2.05) is 80.6 Å². The Hall–Kier alpha value is -2.96. The van der Waals surface area contributed by atoms with E-state index in [2.05, 4.69) is 9.98 Å². The number of aliphatic imine (C=N–C) groups is 1. The van der Waals surface area contributed by atoms with Crippen molar-refractivity contribution >= 4 is 24.6 Å². The monoisotopic (exact) mass is 400 g/mol. The largest absolute Gasteiger partial charge is 0.427 e. The second-order valence-electron chi connectivity index (χ2n) is 8.16. The lowest BCUT2D eigenvalue weighted by Crippen LogP contribution is -2.49. The Bertz CT molecular complexity index is 1010. The molecule has 0 saturated carbocycles. The number of hydrogen-bond donors (Lipinski definition) is 2. The topological polar surface area (TPSA) is 80.7 Å². The molecule has 5 nitrogen and oxygen atoms in total. The van der Waals surface area contributed by atoms with Gasteiger partial charge in [0.05, 0.1) is 11.2 Å². The summed E-state index contributed by atoms with van der Waals surface area (Å²) in [7, 11) is 1.64. The van der Waals surface area contributed by atoms with Crippen LogP contribution < -0.4 is 11.2 Å². The van der Waals surface area contributed by atoms with Crippen LogP contribution in [0.3, 0.4) is 0 Å². The summed E-state index contributed by atoms with van der Waals surface area (Å²) >= 11 is 0. The lowest BCUT2D eigenvalue weighted by molar-refractivity contribution is -0.0893. The Morgan fingerprint density at radius 2 is 1.63 bits per heavy atom. The number of amidine groups is 1. The molecule has 30 heavy (non-hydrogen) atoms. The molecule has 1 aromatic heterocycles. The van der Waals surface area contributed by atoms with Crippen LogP contribution in [0.5, 0.6) is 0 Å². The molecule has 0 aliphatic heterocycles. The first kappa shape index (κ1) is 21.7. The molecule has 0 bridgehead atoms. The van der Waals surface area contributed by atoms with Gasteiger partial charge in [0.1, 0.15) is 5.84 Å². The van der Waals surface area contributed by atoms with E-state index in [0.29, 0.717) is 11.7 Å². The highest BCUT2D eigenvalue weighted by atomic mass is 16.5. The molecule has 0 aliphatic rings. The van der Waals surface area contributed by atoms with E-state index >= 15 is 0 Å². The van der Waals surface area contributed by atoms with Crippen LogP contribution in [0.2, 0.25) is 0 Å². The fourth-order valence-corrected chi connectivity index (χ4v) is 2.60. The highest BCUT2D eigenvalue weighted by Gasteiger charge is 2.35. The average molecular weight is 400 g/mol. The molecule has 0 aliphatic carbocycles. The van der Waals surface area contributed by atoms with Crippen molar-refractivity contribution in [3.8, 4) is 11.1 Å². The quantitative estimate of drug-likeness (QED) is 0.361. The van der Waals surface area contributed by atoms with Crippen molar-refractivity contribution in [3.63, 3.8) is 0 Å². The third kappa shape index (κ3) is 5.15. The lowest BCUT2D eigenvalue weighted by atomic mass is 9.82. The van der Waals surface area contributed by atoms with E-state index in [1.165, 1.54) is 0 Å². The van der Waals surface area contributed by atoms with Gasteiger partial charge in [-0.15, -0.1) is 0 Å². The molecule has 0 atom stereocenters. The zero-order chi connectivity index (χ0) is 21.8. The number of rotatable bonds is 7. The Labute approximate surface area is 178 Å². The van der Waals surface area contributed by atoms with Crippen LogP contribution in [-0.4, -0.2) is 34.6 Å². The fraction of sp³-hybridized carbons (Fsp3) is 0.250. The third-order valence-corrected chi connectivity index (χ3v) is 5.27. The molecule has 3 N–H and O–H groups in total. The standard InChI is InChI=1S/C24H27BN3O2/c1-23(2,29)24(3,4)30-25-19-14-12-18(13-15-19)21(26)28-22-20(11-8-16-27-22)17-9-6-5-7-10-17/h5-16,29H,1-4H3,(H2,26,27,28). The van der Waals surface area contributed by atoms with E-state index in [1.54, 1.807) is 27.5 Å². The maximum absolute atomic E-state index is 10.2. The Kier molecular flexibility index (Phi) is 6.39. The number of hydrogen-bond acceptors (Lipinski definition) is 4. The van der Waals surface area contributed by atoms with Crippen LogP contribution in [0.4, 0.5) is 5.82 Å². The van der Waals surface area contributed by atoms with E-state index < -0.39 is 11.2 Å². The van der Waals surface area contributed by atoms with Crippen molar-refractivity contribution in [1.82, 2.24) is 4.98 Å². The van der Waals surface area contributed by atoms with Crippen LogP contribution in [0, 0.1) is 0 Å². The molecular weight excluding hydrogens is 373 g/mol. The van der Waals surface area contributed by atoms with Gasteiger partial charge in [-0.25, -0.2) is 9.98 Å². The van der Waals surface area contributed by atoms with Crippen LogP contribution in [0.15, 0.2) is 77.9 Å². The summed E-state index contributed by atoms with van der Waals surface area (Å²) in [5, 5.41) is 10.2. The highest BCUT2D eigenvalue weighted by molar-refractivity contribution is 6.47. The fourth-order valence-electron chi connectivity index (χ4n) is 2.60. The third-order valence-electron chi connectivity index (χ3n) is 5.27. The molecule has 1 radical (unpaired) electrons. The van der Waals surface area contributed by atoms with Gasteiger partial charge in [-0.2, -0.15) is 0 Å². The molecule has 6 heteroatoms. The van der Waals surface area contributed by atoms with Gasteiger partial charge in [-0.1, -0.05) is 60.1 Å². The summed E-state index contributed by atoms with van der Waals surface area (Å²) in [5.74, 6) is 0.960.